The predicted molar refractivity (Wildman–Crippen MR) is 83.9 cm³/mol. The number of thiol groups is 1. The summed E-state index contributed by atoms with van der Waals surface area (Å²) in [5.74, 6) is 0. The summed E-state index contributed by atoms with van der Waals surface area (Å²) in [6.45, 7) is 0. The van der Waals surface area contributed by atoms with Crippen LogP contribution in [0.15, 0.2) is 54.6 Å². The Hall–Kier alpha value is -1.94. The summed E-state index contributed by atoms with van der Waals surface area (Å²) in [5, 5.41) is 3.04. The van der Waals surface area contributed by atoms with Gasteiger partial charge in [0.25, 0.3) is 0 Å². The van der Waals surface area contributed by atoms with Gasteiger partial charge in [-0.05, 0) is 36.1 Å². The van der Waals surface area contributed by atoms with Gasteiger partial charge >= 0.3 is 6.03 Å². The van der Waals surface area contributed by atoms with Crippen LogP contribution in [0.25, 0.3) is 0 Å². The van der Waals surface area contributed by atoms with Crippen molar-refractivity contribution in [1.29, 1.82) is 0 Å². The number of rotatable bonds is 2. The first kappa shape index (κ1) is 13.1. The molecule has 3 rings (SSSR count). The number of nitrogens with zero attached hydrogens (tertiary/aromatic N) is 1. The van der Waals surface area contributed by atoms with E-state index in [2.05, 4.69) is 30.3 Å². The fourth-order valence-electron chi connectivity index (χ4n) is 2.60. The molecule has 2 aromatic carbocycles. The highest BCUT2D eigenvalue weighted by Crippen LogP contribution is 2.31. The molecule has 102 valence electrons. The van der Waals surface area contributed by atoms with Gasteiger partial charge in [0.05, 0.1) is 11.7 Å². The molecular weight excluding hydrogens is 268 g/mol. The number of hydrogen-bond donors (Lipinski definition) is 2. The maximum absolute atomic E-state index is 12.2. The SMILES string of the molecule is O=C(NC1CCc2ccccc21)N(S)c1ccccc1. The van der Waals surface area contributed by atoms with Crippen LogP contribution in [-0.4, -0.2) is 6.03 Å². The molecular formula is C16H16N2OS. The van der Waals surface area contributed by atoms with Gasteiger partial charge in [-0.15, -0.1) is 0 Å². The Balaban J connectivity index is 1.72. The molecule has 1 aliphatic carbocycles. The minimum atomic E-state index is -0.193. The van der Waals surface area contributed by atoms with Gasteiger partial charge in [0.2, 0.25) is 0 Å². The molecule has 1 aliphatic rings. The van der Waals surface area contributed by atoms with Crippen molar-refractivity contribution < 1.29 is 4.79 Å². The van der Waals surface area contributed by atoms with E-state index in [1.54, 1.807) is 0 Å². The Bertz CT molecular complexity index is 615. The Morgan fingerprint density at radius 1 is 1.10 bits per heavy atom. The standard InChI is InChI=1S/C16H16N2OS/c19-16(18(20)13-7-2-1-3-8-13)17-15-11-10-12-6-4-5-9-14(12)15/h1-9,15,20H,10-11H2,(H,17,19). The molecule has 0 aliphatic heterocycles. The number of fused-ring (bicyclic) bond motifs is 1. The van der Waals surface area contributed by atoms with E-state index in [1.807, 2.05) is 42.5 Å². The summed E-state index contributed by atoms with van der Waals surface area (Å²) in [4.78, 5) is 12.2. The van der Waals surface area contributed by atoms with Crippen LogP contribution in [0, 0.1) is 0 Å². The molecule has 0 saturated heterocycles. The average molecular weight is 284 g/mol. The van der Waals surface area contributed by atoms with Gasteiger partial charge in [-0.25, -0.2) is 9.10 Å². The minimum absolute atomic E-state index is 0.0806. The summed E-state index contributed by atoms with van der Waals surface area (Å²) in [5.41, 5.74) is 3.30. The Labute approximate surface area is 124 Å². The highest BCUT2D eigenvalue weighted by atomic mass is 32.1. The van der Waals surface area contributed by atoms with E-state index >= 15 is 0 Å². The first-order valence-electron chi connectivity index (χ1n) is 6.68. The van der Waals surface area contributed by atoms with Crippen molar-refractivity contribution >= 4 is 24.5 Å². The van der Waals surface area contributed by atoms with Gasteiger partial charge in [0, 0.05) is 0 Å². The topological polar surface area (TPSA) is 32.3 Å². The molecule has 0 heterocycles. The van der Waals surface area contributed by atoms with Crippen molar-refractivity contribution in [2.45, 2.75) is 18.9 Å². The molecule has 0 saturated carbocycles. The summed E-state index contributed by atoms with van der Waals surface area (Å²) >= 11 is 4.28. The molecule has 2 aromatic rings. The summed E-state index contributed by atoms with van der Waals surface area (Å²) in [6, 6.07) is 17.5. The largest absolute Gasteiger partial charge is 0.332 e. The van der Waals surface area contributed by atoms with E-state index in [-0.39, 0.29) is 12.1 Å². The van der Waals surface area contributed by atoms with Crippen molar-refractivity contribution in [1.82, 2.24) is 5.32 Å². The van der Waals surface area contributed by atoms with Gasteiger partial charge in [-0.3, -0.25) is 0 Å². The Morgan fingerprint density at radius 3 is 2.60 bits per heavy atom. The number of urea groups is 1. The van der Waals surface area contributed by atoms with E-state index in [9.17, 15) is 4.79 Å². The van der Waals surface area contributed by atoms with Gasteiger partial charge in [0.15, 0.2) is 0 Å². The molecule has 20 heavy (non-hydrogen) atoms. The van der Waals surface area contributed by atoms with Gasteiger partial charge in [-0.1, -0.05) is 55.3 Å². The molecule has 1 unspecified atom stereocenters. The lowest BCUT2D eigenvalue weighted by atomic mass is 10.1. The van der Waals surface area contributed by atoms with Gasteiger partial charge in [0.1, 0.15) is 0 Å². The van der Waals surface area contributed by atoms with Crippen LogP contribution < -0.4 is 9.62 Å². The Morgan fingerprint density at radius 2 is 1.80 bits per heavy atom. The number of hydrogen-bond acceptors (Lipinski definition) is 2. The second-order valence-electron chi connectivity index (χ2n) is 4.89. The monoisotopic (exact) mass is 284 g/mol. The van der Waals surface area contributed by atoms with E-state index in [1.165, 1.54) is 15.4 Å². The number of nitrogens with one attached hydrogen (secondary N) is 1. The van der Waals surface area contributed by atoms with Gasteiger partial charge < -0.3 is 5.32 Å². The van der Waals surface area contributed by atoms with E-state index in [0.717, 1.165) is 18.5 Å². The van der Waals surface area contributed by atoms with Crippen molar-refractivity contribution in [3.8, 4) is 0 Å². The van der Waals surface area contributed by atoms with Crippen LogP contribution in [0.3, 0.4) is 0 Å². The minimum Gasteiger partial charge on any atom is -0.330 e. The average Bonchev–Trinajstić information content (AvgIpc) is 2.91. The zero-order chi connectivity index (χ0) is 13.9. The maximum Gasteiger partial charge on any atom is 0.332 e. The van der Waals surface area contributed by atoms with E-state index in [4.69, 9.17) is 0 Å². The number of amides is 2. The fraction of sp³-hybridized carbons (Fsp3) is 0.188. The number of anilines is 1. The van der Waals surface area contributed by atoms with Crippen molar-refractivity contribution in [3.05, 3.63) is 65.7 Å². The zero-order valence-electron chi connectivity index (χ0n) is 11.0. The number of carbonyl (C=O) groups is 1. The molecule has 1 atom stereocenters. The first-order valence-corrected chi connectivity index (χ1v) is 7.08. The molecule has 1 N–H and O–H groups in total. The zero-order valence-corrected chi connectivity index (χ0v) is 11.9. The molecule has 4 heteroatoms. The fourth-order valence-corrected chi connectivity index (χ4v) is 2.79. The first-order chi connectivity index (χ1) is 9.75. The third-order valence-corrected chi connectivity index (χ3v) is 4.04. The lowest BCUT2D eigenvalue weighted by Crippen LogP contribution is -2.36. The summed E-state index contributed by atoms with van der Waals surface area (Å²) < 4.78 is 1.35. The van der Waals surface area contributed by atoms with Crippen LogP contribution in [0.4, 0.5) is 10.5 Å². The number of aryl methyl sites for hydroxylation is 1. The van der Waals surface area contributed by atoms with E-state index < -0.39 is 0 Å². The van der Waals surface area contributed by atoms with E-state index in [0.29, 0.717) is 0 Å². The summed E-state index contributed by atoms with van der Waals surface area (Å²) in [6.07, 6.45) is 1.96. The van der Waals surface area contributed by atoms with Gasteiger partial charge in [-0.2, -0.15) is 0 Å². The smallest absolute Gasteiger partial charge is 0.330 e. The molecule has 3 nitrogen and oxygen atoms in total. The van der Waals surface area contributed by atoms with Crippen LogP contribution in [0.2, 0.25) is 0 Å². The highest BCUT2D eigenvalue weighted by Gasteiger charge is 2.25. The number of benzene rings is 2. The number of para-hydroxylation sites is 1. The third-order valence-electron chi connectivity index (χ3n) is 3.62. The lowest BCUT2D eigenvalue weighted by molar-refractivity contribution is 0.246. The van der Waals surface area contributed by atoms with Crippen LogP contribution in [-0.2, 0) is 6.42 Å². The summed E-state index contributed by atoms with van der Waals surface area (Å²) in [7, 11) is 0. The van der Waals surface area contributed by atoms with Crippen LogP contribution in [0.1, 0.15) is 23.6 Å². The van der Waals surface area contributed by atoms with Crippen LogP contribution >= 0.6 is 12.8 Å². The molecule has 0 fully saturated rings. The normalized spacial score (nSPS) is 16.6. The highest BCUT2D eigenvalue weighted by molar-refractivity contribution is 7.82. The maximum atomic E-state index is 12.2. The number of carbonyl (C=O) groups excluding carboxylic acids is 1. The second kappa shape index (κ2) is 5.59. The van der Waals surface area contributed by atoms with Crippen molar-refractivity contribution in [3.63, 3.8) is 0 Å². The molecule has 0 spiro atoms. The van der Waals surface area contributed by atoms with Crippen LogP contribution in [0.5, 0.6) is 0 Å². The van der Waals surface area contributed by atoms with Crippen molar-refractivity contribution in [2.24, 2.45) is 0 Å². The predicted octanol–water partition coefficient (Wildman–Crippen LogP) is 3.73. The Kier molecular flexibility index (Phi) is 3.65. The second-order valence-corrected chi connectivity index (χ2v) is 5.29. The molecule has 0 radical (unpaired) electrons. The molecule has 2 amide bonds. The molecule has 0 bridgehead atoms. The quantitative estimate of drug-likeness (QED) is 0.809. The van der Waals surface area contributed by atoms with Crippen molar-refractivity contribution in [2.75, 3.05) is 4.31 Å². The third kappa shape index (κ3) is 2.51. The molecule has 0 aromatic heterocycles. The lowest BCUT2D eigenvalue weighted by Gasteiger charge is -2.20.